The summed E-state index contributed by atoms with van der Waals surface area (Å²) in [7, 11) is -2.67. The lowest BCUT2D eigenvalue weighted by molar-refractivity contribution is 0.484. The van der Waals surface area contributed by atoms with Gasteiger partial charge < -0.3 is 4.89 Å². The van der Waals surface area contributed by atoms with Crippen molar-refractivity contribution in [3.63, 3.8) is 0 Å². The summed E-state index contributed by atoms with van der Waals surface area (Å²) in [5.41, 5.74) is 0. The third-order valence-electron chi connectivity index (χ3n) is 0.639. The molecule has 8 heavy (non-hydrogen) atoms. The highest BCUT2D eigenvalue weighted by molar-refractivity contribution is 7.57. The molecule has 0 aromatic carbocycles. The van der Waals surface area contributed by atoms with Gasteiger partial charge in [0.1, 0.15) is 0 Å². The van der Waals surface area contributed by atoms with Crippen LogP contribution in [0.2, 0.25) is 0 Å². The van der Waals surface area contributed by atoms with Gasteiger partial charge in [0.15, 0.2) is 7.37 Å². The van der Waals surface area contributed by atoms with Gasteiger partial charge in [-0.1, -0.05) is 6.92 Å². The molecule has 0 aliphatic rings. The van der Waals surface area contributed by atoms with E-state index in [1.54, 1.807) is 0 Å². The molecule has 1 N–H and O–H groups in total. The molecule has 0 heterocycles. The minimum atomic E-state index is -2.67. The molecule has 2 nitrogen and oxygen atoms in total. The number of hydrogen-bond acceptors (Lipinski definition) is 1. The van der Waals surface area contributed by atoms with E-state index in [1.807, 2.05) is 6.92 Å². The van der Waals surface area contributed by atoms with Crippen molar-refractivity contribution >= 4 is 30.4 Å². The summed E-state index contributed by atoms with van der Waals surface area (Å²) in [6.45, 7) is 3.28. The lowest BCUT2D eigenvalue weighted by atomic mass is 10.6. The fourth-order valence-corrected chi connectivity index (χ4v) is 1.24. The molecular formula is C4H13MgO2P. The monoisotopic (exact) mass is 148 g/mol. The molecule has 0 aromatic heterocycles. The Hall–Kier alpha value is 0.956. The molecule has 0 saturated carbocycles. The minimum Gasteiger partial charge on any atom is -0.344 e. The van der Waals surface area contributed by atoms with Crippen molar-refractivity contribution in [3.8, 4) is 0 Å². The Morgan fingerprint density at radius 2 is 2.00 bits per heavy atom. The van der Waals surface area contributed by atoms with Gasteiger partial charge >= 0.3 is 23.1 Å². The Bertz CT molecular complexity index is 88.0. The highest BCUT2D eigenvalue weighted by atomic mass is 31.2. The third kappa shape index (κ3) is 10.0. The SMILES string of the molecule is CCCP(C)(=O)O.[MgH2]. The van der Waals surface area contributed by atoms with Crippen LogP contribution < -0.4 is 0 Å². The predicted molar refractivity (Wildman–Crippen MR) is 39.5 cm³/mol. The fourth-order valence-electron chi connectivity index (χ4n) is 0.415. The maximum Gasteiger partial charge on any atom is 0.316 e. The molecule has 1 unspecified atom stereocenters. The van der Waals surface area contributed by atoms with Gasteiger partial charge in [-0.25, -0.2) is 0 Å². The lowest BCUT2D eigenvalue weighted by Gasteiger charge is -1.98. The zero-order chi connectivity index (χ0) is 5.91. The van der Waals surface area contributed by atoms with Crippen LogP contribution >= 0.6 is 7.37 Å². The van der Waals surface area contributed by atoms with Crippen LogP contribution in [0, 0.1) is 0 Å². The maximum atomic E-state index is 10.4. The van der Waals surface area contributed by atoms with Crippen molar-refractivity contribution in [2.24, 2.45) is 0 Å². The number of rotatable bonds is 2. The van der Waals surface area contributed by atoms with E-state index in [0.717, 1.165) is 6.42 Å². The Balaban J connectivity index is 0. The van der Waals surface area contributed by atoms with E-state index in [9.17, 15) is 4.57 Å². The van der Waals surface area contributed by atoms with Crippen LogP contribution in [-0.2, 0) is 4.57 Å². The average molecular weight is 148 g/mol. The predicted octanol–water partition coefficient (Wildman–Crippen LogP) is 0.380. The maximum absolute atomic E-state index is 10.4. The van der Waals surface area contributed by atoms with Crippen molar-refractivity contribution < 1.29 is 9.46 Å². The first-order valence-electron chi connectivity index (χ1n) is 2.35. The summed E-state index contributed by atoms with van der Waals surface area (Å²) in [6.07, 6.45) is 1.25. The van der Waals surface area contributed by atoms with Gasteiger partial charge in [-0.05, 0) is 6.42 Å². The van der Waals surface area contributed by atoms with Gasteiger partial charge in [-0.2, -0.15) is 0 Å². The first-order chi connectivity index (χ1) is 3.06. The van der Waals surface area contributed by atoms with Gasteiger partial charge in [0, 0.05) is 12.8 Å². The van der Waals surface area contributed by atoms with Gasteiger partial charge in [0.25, 0.3) is 0 Å². The van der Waals surface area contributed by atoms with Crippen LogP contribution in [0.15, 0.2) is 0 Å². The molecule has 0 saturated heterocycles. The van der Waals surface area contributed by atoms with Crippen molar-refractivity contribution in [3.05, 3.63) is 0 Å². The van der Waals surface area contributed by atoms with E-state index in [4.69, 9.17) is 4.89 Å². The summed E-state index contributed by atoms with van der Waals surface area (Å²) in [5.74, 6) is 0. The molecule has 0 aromatic rings. The first-order valence-corrected chi connectivity index (χ1v) is 4.65. The topological polar surface area (TPSA) is 37.3 Å². The second kappa shape index (κ2) is 4.80. The zero-order valence-electron chi connectivity index (χ0n) is 4.72. The highest BCUT2D eigenvalue weighted by Crippen LogP contribution is 2.35. The van der Waals surface area contributed by atoms with Gasteiger partial charge in [0.2, 0.25) is 0 Å². The van der Waals surface area contributed by atoms with Crippen molar-refractivity contribution in [1.29, 1.82) is 0 Å². The standard InChI is InChI=1S/C4H11O2P.Mg.2H/c1-3-4-7(2,5)6;;;/h3-4H2,1-2H3,(H,5,6);;;. The van der Waals surface area contributed by atoms with E-state index in [-0.39, 0.29) is 23.1 Å². The second-order valence-electron chi connectivity index (χ2n) is 1.77. The first kappa shape index (κ1) is 11.7. The zero-order valence-corrected chi connectivity index (χ0v) is 5.61. The van der Waals surface area contributed by atoms with Gasteiger partial charge in [-0.15, -0.1) is 0 Å². The minimum absolute atomic E-state index is 0. The molecule has 0 aliphatic carbocycles. The second-order valence-corrected chi connectivity index (χ2v) is 4.32. The molecule has 0 rings (SSSR count). The molecule has 0 aliphatic heterocycles. The molecule has 0 bridgehead atoms. The van der Waals surface area contributed by atoms with Crippen LogP contribution in [0.1, 0.15) is 13.3 Å². The Labute approximate surface area is 66.3 Å². The largest absolute Gasteiger partial charge is 0.344 e. The Morgan fingerprint density at radius 1 is 1.62 bits per heavy atom. The Morgan fingerprint density at radius 3 is 2.00 bits per heavy atom. The quantitative estimate of drug-likeness (QED) is 0.454. The summed E-state index contributed by atoms with van der Waals surface area (Å²) in [5, 5.41) is 0. The summed E-state index contributed by atoms with van der Waals surface area (Å²) in [6, 6.07) is 0. The highest BCUT2D eigenvalue weighted by Gasteiger charge is 2.04. The van der Waals surface area contributed by atoms with E-state index < -0.39 is 7.37 Å². The lowest BCUT2D eigenvalue weighted by Crippen LogP contribution is -1.81. The summed E-state index contributed by atoms with van der Waals surface area (Å²) >= 11 is 0. The third-order valence-corrected chi connectivity index (χ3v) is 1.92. The molecule has 1 atom stereocenters. The van der Waals surface area contributed by atoms with Crippen LogP contribution in [-0.4, -0.2) is 40.8 Å². The molecule has 0 amide bonds. The number of hydrogen-bond donors (Lipinski definition) is 1. The van der Waals surface area contributed by atoms with Crippen LogP contribution in [0.5, 0.6) is 0 Å². The molecular weight excluding hydrogens is 135 g/mol. The smallest absolute Gasteiger partial charge is 0.316 e. The molecule has 0 spiro atoms. The average Bonchev–Trinajstić information content (AvgIpc) is 1.30. The van der Waals surface area contributed by atoms with Crippen LogP contribution in [0.4, 0.5) is 0 Å². The van der Waals surface area contributed by atoms with E-state index >= 15 is 0 Å². The summed E-state index contributed by atoms with van der Waals surface area (Å²) in [4.78, 5) is 8.57. The van der Waals surface area contributed by atoms with Crippen LogP contribution in [0.3, 0.4) is 0 Å². The van der Waals surface area contributed by atoms with E-state index in [1.165, 1.54) is 6.66 Å². The molecule has 48 valence electrons. The summed E-state index contributed by atoms with van der Waals surface area (Å²) < 4.78 is 10.4. The fraction of sp³-hybridized carbons (Fsp3) is 1.00. The van der Waals surface area contributed by atoms with Gasteiger partial charge in [-0.3, -0.25) is 4.57 Å². The molecule has 0 fully saturated rings. The van der Waals surface area contributed by atoms with E-state index in [2.05, 4.69) is 0 Å². The van der Waals surface area contributed by atoms with E-state index in [0.29, 0.717) is 6.16 Å². The van der Waals surface area contributed by atoms with Crippen LogP contribution in [0.25, 0.3) is 0 Å². The molecule has 4 heteroatoms. The molecule has 0 radical (unpaired) electrons. The van der Waals surface area contributed by atoms with Crippen molar-refractivity contribution in [2.75, 3.05) is 12.8 Å². The normalized spacial score (nSPS) is 16.4. The Kier molecular flexibility index (Phi) is 7.03. The van der Waals surface area contributed by atoms with Crippen molar-refractivity contribution in [1.82, 2.24) is 0 Å². The van der Waals surface area contributed by atoms with Crippen molar-refractivity contribution in [2.45, 2.75) is 13.3 Å². The van der Waals surface area contributed by atoms with Gasteiger partial charge in [0.05, 0.1) is 0 Å².